The zero-order chi connectivity index (χ0) is 14.3. The van der Waals surface area contributed by atoms with Crippen molar-refractivity contribution >= 4 is 39.7 Å². The average molecular weight is 309 g/mol. The third-order valence-electron chi connectivity index (χ3n) is 3.20. The maximum Gasteiger partial charge on any atom is 0.331 e. The van der Waals surface area contributed by atoms with Gasteiger partial charge in [-0.1, -0.05) is 0 Å². The van der Waals surface area contributed by atoms with E-state index in [9.17, 15) is 14.7 Å². The highest BCUT2D eigenvalue weighted by molar-refractivity contribution is 7.13. The molecule has 104 valence electrons. The van der Waals surface area contributed by atoms with E-state index in [0.29, 0.717) is 23.7 Å². The van der Waals surface area contributed by atoms with Crippen molar-refractivity contribution in [3.63, 3.8) is 0 Å². The van der Waals surface area contributed by atoms with Crippen LogP contribution in [0.5, 0.6) is 0 Å². The highest BCUT2D eigenvalue weighted by Crippen LogP contribution is 2.34. The number of hydrogen-bond donors (Lipinski definition) is 2. The average Bonchev–Trinajstić information content (AvgIpc) is 3.04. The fourth-order valence-corrected chi connectivity index (χ4v) is 3.78. The van der Waals surface area contributed by atoms with Gasteiger partial charge >= 0.3 is 5.97 Å². The van der Waals surface area contributed by atoms with Crippen molar-refractivity contribution < 1.29 is 14.7 Å². The van der Waals surface area contributed by atoms with Crippen molar-refractivity contribution in [2.24, 2.45) is 0 Å². The summed E-state index contributed by atoms with van der Waals surface area (Å²) in [5, 5.41) is 13.2. The SMILES string of the molecule is Nc1nc(C(=O)N2CCc3sccc3C2C(=O)O)cs1. The Morgan fingerprint density at radius 1 is 1.45 bits per heavy atom. The molecule has 0 spiro atoms. The first-order valence-electron chi connectivity index (χ1n) is 5.89. The van der Waals surface area contributed by atoms with Crippen molar-refractivity contribution in [1.82, 2.24) is 9.88 Å². The molecule has 2 aromatic heterocycles. The third-order valence-corrected chi connectivity index (χ3v) is 4.87. The summed E-state index contributed by atoms with van der Waals surface area (Å²) in [6, 6.07) is 0.827. The smallest absolute Gasteiger partial charge is 0.331 e. The number of anilines is 1. The molecule has 0 aromatic carbocycles. The summed E-state index contributed by atoms with van der Waals surface area (Å²) in [6.07, 6.45) is 0.669. The fourth-order valence-electron chi connectivity index (χ4n) is 2.33. The number of carbonyl (C=O) groups excluding carboxylic acids is 1. The monoisotopic (exact) mass is 309 g/mol. The minimum absolute atomic E-state index is 0.206. The van der Waals surface area contributed by atoms with E-state index in [1.54, 1.807) is 11.4 Å². The Morgan fingerprint density at radius 3 is 2.90 bits per heavy atom. The molecule has 3 N–H and O–H groups in total. The summed E-state index contributed by atoms with van der Waals surface area (Å²) in [6.45, 7) is 0.376. The highest BCUT2D eigenvalue weighted by atomic mass is 32.1. The van der Waals surface area contributed by atoms with Crippen LogP contribution in [0.4, 0.5) is 5.13 Å². The van der Waals surface area contributed by atoms with Crippen molar-refractivity contribution in [3.05, 3.63) is 33.0 Å². The summed E-state index contributed by atoms with van der Waals surface area (Å²) in [4.78, 5) is 30.3. The number of nitrogens with zero attached hydrogens (tertiary/aromatic N) is 2. The second-order valence-electron chi connectivity index (χ2n) is 4.36. The molecule has 0 aliphatic carbocycles. The number of carbonyl (C=O) groups is 2. The molecule has 3 heterocycles. The number of nitrogens with two attached hydrogens (primary N) is 1. The van der Waals surface area contributed by atoms with Crippen molar-refractivity contribution in [1.29, 1.82) is 0 Å². The van der Waals surface area contributed by atoms with Crippen LogP contribution in [0.1, 0.15) is 27.0 Å². The van der Waals surface area contributed by atoms with Crippen LogP contribution in [0.2, 0.25) is 0 Å². The highest BCUT2D eigenvalue weighted by Gasteiger charge is 2.37. The van der Waals surface area contributed by atoms with Crippen molar-refractivity contribution in [2.75, 3.05) is 12.3 Å². The molecule has 1 aliphatic heterocycles. The van der Waals surface area contributed by atoms with Crippen LogP contribution in [0.15, 0.2) is 16.8 Å². The Labute approximate surface area is 122 Å². The van der Waals surface area contributed by atoms with Gasteiger partial charge in [-0.2, -0.15) is 0 Å². The Bertz CT molecular complexity index is 679. The minimum atomic E-state index is -1.03. The van der Waals surface area contributed by atoms with E-state index < -0.39 is 12.0 Å². The van der Waals surface area contributed by atoms with E-state index in [1.165, 1.54) is 27.6 Å². The standard InChI is InChI=1S/C12H11N3O3S2/c13-12-14-7(5-20-12)10(16)15-3-1-8-6(2-4-19-8)9(15)11(17)18/h2,4-5,9H,1,3H2,(H2,13,14)(H,17,18). The number of fused-ring (bicyclic) bond motifs is 1. The number of thiazole rings is 1. The van der Waals surface area contributed by atoms with Crippen LogP contribution in [-0.2, 0) is 11.2 Å². The van der Waals surface area contributed by atoms with Crippen LogP contribution in [0, 0.1) is 0 Å². The molecule has 1 amide bonds. The number of aliphatic carboxylic acids is 1. The van der Waals surface area contributed by atoms with Crippen LogP contribution >= 0.6 is 22.7 Å². The number of aromatic nitrogens is 1. The number of amides is 1. The third kappa shape index (κ3) is 2.06. The van der Waals surface area contributed by atoms with Crippen LogP contribution in [0.25, 0.3) is 0 Å². The Hall–Kier alpha value is -1.93. The van der Waals surface area contributed by atoms with E-state index in [2.05, 4.69) is 4.98 Å². The molecule has 0 fully saturated rings. The summed E-state index contributed by atoms with van der Waals surface area (Å²) in [5.74, 6) is -1.41. The first kappa shape index (κ1) is 13.1. The summed E-state index contributed by atoms with van der Waals surface area (Å²) < 4.78 is 0. The number of thiophene rings is 1. The van der Waals surface area contributed by atoms with Gasteiger partial charge in [-0.3, -0.25) is 4.79 Å². The van der Waals surface area contributed by atoms with E-state index in [0.717, 1.165) is 4.88 Å². The quantitative estimate of drug-likeness (QED) is 0.878. The maximum absolute atomic E-state index is 12.4. The largest absolute Gasteiger partial charge is 0.479 e. The molecule has 8 heteroatoms. The van der Waals surface area contributed by atoms with E-state index in [1.807, 2.05) is 5.38 Å². The lowest BCUT2D eigenvalue weighted by Crippen LogP contribution is -2.43. The molecular weight excluding hydrogens is 298 g/mol. The second-order valence-corrected chi connectivity index (χ2v) is 6.25. The van der Waals surface area contributed by atoms with Gasteiger partial charge in [0.15, 0.2) is 11.2 Å². The number of carboxylic acids is 1. The minimum Gasteiger partial charge on any atom is -0.479 e. The lowest BCUT2D eigenvalue weighted by atomic mass is 9.99. The Morgan fingerprint density at radius 2 is 2.25 bits per heavy atom. The number of rotatable bonds is 2. The summed E-state index contributed by atoms with van der Waals surface area (Å²) >= 11 is 2.69. The van der Waals surface area contributed by atoms with Gasteiger partial charge in [0.1, 0.15) is 5.69 Å². The predicted molar refractivity (Wildman–Crippen MR) is 76.0 cm³/mol. The first-order chi connectivity index (χ1) is 9.58. The maximum atomic E-state index is 12.4. The molecule has 0 radical (unpaired) electrons. The van der Waals surface area contributed by atoms with E-state index in [-0.39, 0.29) is 11.6 Å². The molecule has 6 nitrogen and oxygen atoms in total. The van der Waals surface area contributed by atoms with Crippen LogP contribution in [0.3, 0.4) is 0 Å². The van der Waals surface area contributed by atoms with E-state index >= 15 is 0 Å². The Balaban J connectivity index is 1.97. The van der Waals surface area contributed by atoms with Crippen molar-refractivity contribution in [3.8, 4) is 0 Å². The molecule has 3 rings (SSSR count). The van der Waals surface area contributed by atoms with Gasteiger partial charge < -0.3 is 15.7 Å². The molecule has 0 bridgehead atoms. The lowest BCUT2D eigenvalue weighted by Gasteiger charge is -2.32. The predicted octanol–water partition coefficient (Wildman–Crippen LogP) is 1.61. The molecule has 0 saturated carbocycles. The summed E-state index contributed by atoms with van der Waals surface area (Å²) in [7, 11) is 0. The second kappa shape index (κ2) is 4.88. The molecular formula is C12H11N3O3S2. The molecule has 1 atom stereocenters. The normalized spacial score (nSPS) is 17.8. The molecule has 1 aliphatic rings. The first-order valence-corrected chi connectivity index (χ1v) is 7.65. The van der Waals surface area contributed by atoms with Gasteiger partial charge in [0.05, 0.1) is 0 Å². The number of nitrogen functional groups attached to an aromatic ring is 1. The molecule has 2 aromatic rings. The zero-order valence-corrected chi connectivity index (χ0v) is 11.9. The Kier molecular flexibility index (Phi) is 3.19. The van der Waals surface area contributed by atoms with Crippen molar-refractivity contribution in [2.45, 2.75) is 12.5 Å². The number of hydrogen-bond acceptors (Lipinski definition) is 6. The van der Waals surface area contributed by atoms with Gasteiger partial charge in [0.25, 0.3) is 5.91 Å². The van der Waals surface area contributed by atoms with Crippen LogP contribution < -0.4 is 5.73 Å². The zero-order valence-electron chi connectivity index (χ0n) is 10.3. The van der Waals surface area contributed by atoms with Gasteiger partial charge in [-0.15, -0.1) is 22.7 Å². The van der Waals surface area contributed by atoms with Gasteiger partial charge in [-0.05, 0) is 23.4 Å². The molecule has 20 heavy (non-hydrogen) atoms. The van der Waals surface area contributed by atoms with Crippen LogP contribution in [-0.4, -0.2) is 33.4 Å². The molecule has 1 unspecified atom stereocenters. The lowest BCUT2D eigenvalue weighted by molar-refractivity contribution is -0.142. The van der Waals surface area contributed by atoms with E-state index in [4.69, 9.17) is 5.73 Å². The van der Waals surface area contributed by atoms with Gasteiger partial charge in [0, 0.05) is 16.8 Å². The van der Waals surface area contributed by atoms with Gasteiger partial charge in [-0.25, -0.2) is 9.78 Å². The summed E-state index contributed by atoms with van der Waals surface area (Å²) in [5.41, 5.74) is 6.43. The fraction of sp³-hybridized carbons (Fsp3) is 0.250. The molecule has 0 saturated heterocycles. The topological polar surface area (TPSA) is 96.5 Å². The number of carboxylic acid groups (broad SMARTS) is 1. The van der Waals surface area contributed by atoms with Gasteiger partial charge in [0.2, 0.25) is 0 Å².